The van der Waals surface area contributed by atoms with E-state index in [9.17, 15) is 9.90 Å². The number of nitrogens with zero attached hydrogens (tertiary/aromatic N) is 1. The maximum Gasteiger partial charge on any atom is 0.319 e. The molecule has 6 heteroatoms. The van der Waals surface area contributed by atoms with E-state index in [0.29, 0.717) is 19.7 Å². The van der Waals surface area contributed by atoms with Crippen molar-refractivity contribution in [2.45, 2.75) is 38.7 Å². The van der Waals surface area contributed by atoms with E-state index < -0.39 is 6.23 Å². The van der Waals surface area contributed by atoms with Crippen molar-refractivity contribution in [2.75, 3.05) is 13.1 Å². The number of aliphatic hydroxyl groups excluding tert-OH is 1. The molecule has 1 heterocycles. The van der Waals surface area contributed by atoms with Gasteiger partial charge in [-0.15, -0.1) is 0 Å². The fourth-order valence-electron chi connectivity index (χ4n) is 2.99. The Labute approximate surface area is 159 Å². The van der Waals surface area contributed by atoms with Crippen LogP contribution < -0.4 is 14.8 Å². The van der Waals surface area contributed by atoms with Crippen molar-refractivity contribution in [3.8, 4) is 11.5 Å². The molecule has 0 aromatic heterocycles. The van der Waals surface area contributed by atoms with Crippen LogP contribution in [0.1, 0.15) is 25.3 Å². The van der Waals surface area contributed by atoms with Gasteiger partial charge in [-0.25, -0.2) is 4.79 Å². The summed E-state index contributed by atoms with van der Waals surface area (Å²) >= 11 is 0. The fourth-order valence-corrected chi connectivity index (χ4v) is 2.99. The summed E-state index contributed by atoms with van der Waals surface area (Å²) in [5, 5.41) is 11.7. The summed E-state index contributed by atoms with van der Waals surface area (Å²) in [5.41, 5.74) is 1.13. The van der Waals surface area contributed by atoms with Crippen LogP contribution in [0.3, 0.4) is 0 Å². The Balaban J connectivity index is 1.43. The summed E-state index contributed by atoms with van der Waals surface area (Å²) in [5.74, 6) is 1.60. The Morgan fingerprint density at radius 3 is 2.37 bits per heavy atom. The molecule has 2 N–H and O–H groups in total. The highest BCUT2D eigenvalue weighted by molar-refractivity contribution is 5.74. The molecule has 3 rings (SSSR count). The molecule has 1 unspecified atom stereocenters. The summed E-state index contributed by atoms with van der Waals surface area (Å²) < 4.78 is 11.8. The van der Waals surface area contributed by atoms with Crippen LogP contribution in [0.5, 0.6) is 11.5 Å². The van der Waals surface area contributed by atoms with Crippen molar-refractivity contribution in [1.29, 1.82) is 0 Å². The number of aliphatic hydroxyl groups is 1. The minimum atomic E-state index is -0.839. The molecule has 1 aliphatic heterocycles. The molecule has 0 saturated carbocycles. The van der Waals surface area contributed by atoms with Crippen molar-refractivity contribution in [1.82, 2.24) is 10.2 Å². The van der Waals surface area contributed by atoms with Gasteiger partial charge in [0.25, 0.3) is 0 Å². The number of amides is 2. The van der Waals surface area contributed by atoms with E-state index in [1.54, 1.807) is 4.90 Å². The van der Waals surface area contributed by atoms with Crippen molar-refractivity contribution in [2.24, 2.45) is 0 Å². The second kappa shape index (κ2) is 9.28. The second-order valence-electron chi connectivity index (χ2n) is 6.68. The molecule has 1 atom stereocenters. The molecular formula is C21H26N2O4. The van der Waals surface area contributed by atoms with Crippen LogP contribution in [0.15, 0.2) is 54.6 Å². The predicted molar refractivity (Wildman–Crippen MR) is 103 cm³/mol. The van der Waals surface area contributed by atoms with E-state index >= 15 is 0 Å². The summed E-state index contributed by atoms with van der Waals surface area (Å²) in [6, 6.07) is 17.4. The van der Waals surface area contributed by atoms with Gasteiger partial charge in [0.2, 0.25) is 0 Å². The molecule has 27 heavy (non-hydrogen) atoms. The summed E-state index contributed by atoms with van der Waals surface area (Å²) in [6.07, 6.45) is 0.768. The number of rotatable bonds is 6. The molecule has 0 bridgehead atoms. The van der Waals surface area contributed by atoms with Gasteiger partial charge in [0.15, 0.2) is 0 Å². The number of piperidine rings is 1. The number of benzene rings is 2. The van der Waals surface area contributed by atoms with Gasteiger partial charge in [0.05, 0.1) is 0 Å². The van der Waals surface area contributed by atoms with Gasteiger partial charge in [0, 0.05) is 25.9 Å². The highest BCUT2D eigenvalue weighted by Crippen LogP contribution is 2.22. The van der Waals surface area contributed by atoms with Gasteiger partial charge >= 0.3 is 6.03 Å². The average Bonchev–Trinajstić information content (AvgIpc) is 2.68. The molecule has 0 spiro atoms. The van der Waals surface area contributed by atoms with Crippen LogP contribution in [0.25, 0.3) is 0 Å². The molecule has 1 aliphatic rings. The number of carbonyl (C=O) groups excluding carboxylic acids is 1. The minimum absolute atomic E-state index is 0.0803. The van der Waals surface area contributed by atoms with Crippen LogP contribution in [0.4, 0.5) is 4.79 Å². The lowest BCUT2D eigenvalue weighted by Gasteiger charge is -2.32. The third-order valence-electron chi connectivity index (χ3n) is 4.44. The van der Waals surface area contributed by atoms with E-state index in [2.05, 4.69) is 5.32 Å². The van der Waals surface area contributed by atoms with Crippen LogP contribution in [0.2, 0.25) is 0 Å². The van der Waals surface area contributed by atoms with E-state index in [1.165, 1.54) is 6.92 Å². The summed E-state index contributed by atoms with van der Waals surface area (Å²) in [4.78, 5) is 13.6. The Morgan fingerprint density at radius 2 is 1.74 bits per heavy atom. The first kappa shape index (κ1) is 19.0. The Morgan fingerprint density at radius 1 is 1.11 bits per heavy atom. The fraction of sp³-hybridized carbons (Fsp3) is 0.381. The van der Waals surface area contributed by atoms with Gasteiger partial charge < -0.3 is 24.8 Å². The topological polar surface area (TPSA) is 71.0 Å². The molecule has 2 amide bonds. The van der Waals surface area contributed by atoms with E-state index in [4.69, 9.17) is 9.47 Å². The monoisotopic (exact) mass is 370 g/mol. The van der Waals surface area contributed by atoms with Crippen molar-refractivity contribution >= 4 is 6.03 Å². The van der Waals surface area contributed by atoms with Gasteiger partial charge in [0.1, 0.15) is 30.4 Å². The van der Waals surface area contributed by atoms with Crippen LogP contribution in [-0.2, 0) is 6.61 Å². The van der Waals surface area contributed by atoms with E-state index in [1.807, 2.05) is 54.6 Å². The zero-order valence-corrected chi connectivity index (χ0v) is 15.5. The quantitative estimate of drug-likeness (QED) is 0.767. The van der Waals surface area contributed by atoms with Gasteiger partial charge in [-0.3, -0.25) is 0 Å². The molecule has 6 nitrogen and oxygen atoms in total. The SMILES string of the molecule is CC(O)NC(=O)N1CCC(Oc2ccc(OCc3ccccc3)cc2)CC1. The molecule has 1 fully saturated rings. The lowest BCUT2D eigenvalue weighted by Crippen LogP contribution is -2.48. The first-order valence-electron chi connectivity index (χ1n) is 9.27. The zero-order chi connectivity index (χ0) is 19.1. The molecule has 144 valence electrons. The van der Waals surface area contributed by atoms with Crippen LogP contribution in [0, 0.1) is 0 Å². The van der Waals surface area contributed by atoms with Crippen molar-refractivity contribution in [3.63, 3.8) is 0 Å². The number of likely N-dealkylation sites (tertiary alicyclic amines) is 1. The zero-order valence-electron chi connectivity index (χ0n) is 15.5. The largest absolute Gasteiger partial charge is 0.490 e. The highest BCUT2D eigenvalue weighted by Gasteiger charge is 2.24. The first-order valence-corrected chi connectivity index (χ1v) is 9.27. The normalized spacial score (nSPS) is 15.9. The molecule has 2 aromatic rings. The standard InChI is InChI=1S/C21H26N2O4/c1-16(24)22-21(25)23-13-11-20(12-14-23)27-19-9-7-18(8-10-19)26-15-17-5-3-2-4-6-17/h2-10,16,20,24H,11-15H2,1H3,(H,22,25). The van der Waals surface area contributed by atoms with Gasteiger partial charge in [-0.1, -0.05) is 30.3 Å². The van der Waals surface area contributed by atoms with Crippen molar-refractivity contribution in [3.05, 3.63) is 60.2 Å². The number of ether oxygens (including phenoxy) is 2. The minimum Gasteiger partial charge on any atom is -0.490 e. The Hall–Kier alpha value is -2.73. The number of hydrogen-bond acceptors (Lipinski definition) is 4. The molecule has 1 saturated heterocycles. The lowest BCUT2D eigenvalue weighted by molar-refractivity contribution is 0.0983. The van der Waals surface area contributed by atoms with E-state index in [-0.39, 0.29) is 12.1 Å². The highest BCUT2D eigenvalue weighted by atomic mass is 16.5. The molecule has 0 aliphatic carbocycles. The average molecular weight is 370 g/mol. The lowest BCUT2D eigenvalue weighted by atomic mass is 10.1. The number of nitrogens with one attached hydrogen (secondary N) is 1. The van der Waals surface area contributed by atoms with Crippen LogP contribution in [-0.4, -0.2) is 41.5 Å². The first-order chi connectivity index (χ1) is 13.1. The number of urea groups is 1. The molecule has 0 radical (unpaired) electrons. The van der Waals surface area contributed by atoms with Gasteiger partial charge in [-0.2, -0.15) is 0 Å². The van der Waals surface area contributed by atoms with Crippen molar-refractivity contribution < 1.29 is 19.4 Å². The Kier molecular flexibility index (Phi) is 6.54. The summed E-state index contributed by atoms with van der Waals surface area (Å²) in [6.45, 7) is 3.29. The van der Waals surface area contributed by atoms with E-state index in [0.717, 1.165) is 29.9 Å². The molecule has 2 aromatic carbocycles. The Bertz CT molecular complexity index is 711. The van der Waals surface area contributed by atoms with Crippen LogP contribution >= 0.6 is 0 Å². The predicted octanol–water partition coefficient (Wildman–Crippen LogP) is 3.16. The maximum atomic E-state index is 11.9. The third kappa shape index (κ3) is 5.89. The second-order valence-corrected chi connectivity index (χ2v) is 6.68. The maximum absolute atomic E-state index is 11.9. The summed E-state index contributed by atoms with van der Waals surface area (Å²) in [7, 11) is 0. The smallest absolute Gasteiger partial charge is 0.319 e. The number of hydrogen-bond donors (Lipinski definition) is 2. The van der Waals surface area contributed by atoms with Gasteiger partial charge in [-0.05, 0) is 36.8 Å². The number of carbonyl (C=O) groups is 1. The molecular weight excluding hydrogens is 344 g/mol. The third-order valence-corrected chi connectivity index (χ3v) is 4.44.